The van der Waals surface area contributed by atoms with Crippen LogP contribution in [-0.2, 0) is 4.79 Å². The zero-order valence-corrected chi connectivity index (χ0v) is 6.27. The third kappa shape index (κ3) is 0.618. The van der Waals surface area contributed by atoms with Gasteiger partial charge in [0.2, 0.25) is 5.91 Å². The second kappa shape index (κ2) is 1.62. The van der Waals surface area contributed by atoms with E-state index in [2.05, 4.69) is 12.2 Å². The van der Waals surface area contributed by atoms with Gasteiger partial charge in [-0.05, 0) is 26.2 Å². The molecule has 0 aromatic heterocycles. The molecule has 1 N–H and O–H groups in total. The highest BCUT2D eigenvalue weighted by atomic mass is 16.2. The first-order valence-corrected chi connectivity index (χ1v) is 3.68. The maximum absolute atomic E-state index is 11.0. The van der Waals surface area contributed by atoms with E-state index in [0.717, 1.165) is 12.1 Å². The molecule has 2 heteroatoms. The summed E-state index contributed by atoms with van der Waals surface area (Å²) in [5.74, 6) is 1.14. The molecule has 0 aromatic carbocycles. The Morgan fingerprint density at radius 1 is 1.40 bits per heavy atom. The summed E-state index contributed by atoms with van der Waals surface area (Å²) in [7, 11) is 0. The minimum absolute atomic E-state index is 0.230. The van der Waals surface area contributed by atoms with Crippen LogP contribution >= 0.6 is 0 Å². The molecule has 1 amide bonds. The lowest BCUT2D eigenvalue weighted by Gasteiger charge is -2.14. The molecule has 0 saturated heterocycles. The van der Waals surface area contributed by atoms with Crippen LogP contribution < -0.4 is 5.32 Å². The minimum atomic E-state index is 0.230. The van der Waals surface area contributed by atoms with Crippen LogP contribution in [0.3, 0.4) is 0 Å². The average molecular weight is 137 g/mol. The van der Waals surface area contributed by atoms with Gasteiger partial charge in [0.1, 0.15) is 0 Å². The molecule has 1 heterocycles. The standard InChI is InChI=1S/C8H11NO/c1-4-5(2)9-8(10)7-3-6(4)7/h6-7H,3H2,1-2H3,(H,9,10)/t6-,7?/m0/s1. The van der Waals surface area contributed by atoms with Gasteiger partial charge in [-0.2, -0.15) is 0 Å². The summed E-state index contributed by atoms with van der Waals surface area (Å²) in [6, 6.07) is 0. The molecule has 0 radical (unpaired) electrons. The van der Waals surface area contributed by atoms with Crippen LogP contribution in [0.15, 0.2) is 11.3 Å². The molecule has 0 bridgehead atoms. The van der Waals surface area contributed by atoms with E-state index in [1.807, 2.05) is 6.92 Å². The van der Waals surface area contributed by atoms with Crippen molar-refractivity contribution in [2.45, 2.75) is 20.3 Å². The largest absolute Gasteiger partial charge is 0.330 e. The highest BCUT2D eigenvalue weighted by Gasteiger charge is 2.47. The SMILES string of the molecule is CC1=C(C)[C@@H]2CC2C(=O)N1. The maximum atomic E-state index is 11.0. The molecule has 10 heavy (non-hydrogen) atoms. The predicted octanol–water partition coefficient (Wildman–Crippen LogP) is 1.05. The summed E-state index contributed by atoms with van der Waals surface area (Å²) >= 11 is 0. The third-order valence-corrected chi connectivity index (χ3v) is 2.59. The quantitative estimate of drug-likeness (QED) is 0.531. The Labute approximate surface area is 60.3 Å². The molecule has 54 valence electrons. The van der Waals surface area contributed by atoms with Crippen molar-refractivity contribution >= 4 is 5.91 Å². The van der Waals surface area contributed by atoms with E-state index in [9.17, 15) is 4.79 Å². The molecule has 1 saturated carbocycles. The van der Waals surface area contributed by atoms with Gasteiger partial charge in [-0.25, -0.2) is 0 Å². The van der Waals surface area contributed by atoms with Gasteiger partial charge in [0, 0.05) is 11.6 Å². The van der Waals surface area contributed by atoms with Crippen molar-refractivity contribution in [2.24, 2.45) is 11.8 Å². The molecule has 1 aliphatic heterocycles. The van der Waals surface area contributed by atoms with Gasteiger partial charge < -0.3 is 5.32 Å². The van der Waals surface area contributed by atoms with Crippen LogP contribution in [0.1, 0.15) is 20.3 Å². The Hall–Kier alpha value is -0.790. The first kappa shape index (κ1) is 5.96. The molecule has 0 spiro atoms. The Kier molecular flexibility index (Phi) is 0.967. The summed E-state index contributed by atoms with van der Waals surface area (Å²) in [5, 5.41) is 2.86. The molecule has 2 nitrogen and oxygen atoms in total. The Bertz CT molecular complexity index is 229. The van der Waals surface area contributed by atoms with E-state index in [4.69, 9.17) is 0 Å². The molecule has 1 unspecified atom stereocenters. The van der Waals surface area contributed by atoms with Crippen LogP contribution in [0.4, 0.5) is 0 Å². The molecule has 2 aliphatic rings. The second-order valence-electron chi connectivity index (χ2n) is 3.25. The van der Waals surface area contributed by atoms with E-state index >= 15 is 0 Å². The zero-order chi connectivity index (χ0) is 7.30. The number of fused-ring (bicyclic) bond motifs is 1. The van der Waals surface area contributed by atoms with E-state index in [1.54, 1.807) is 0 Å². The summed E-state index contributed by atoms with van der Waals surface area (Å²) in [6.07, 6.45) is 1.08. The smallest absolute Gasteiger partial charge is 0.227 e. The molecule has 2 atom stereocenters. The number of hydrogen-bond donors (Lipinski definition) is 1. The molecule has 1 fully saturated rings. The van der Waals surface area contributed by atoms with Crippen molar-refractivity contribution in [3.8, 4) is 0 Å². The molecular weight excluding hydrogens is 126 g/mol. The fraction of sp³-hybridized carbons (Fsp3) is 0.625. The molecule has 0 aromatic rings. The fourth-order valence-corrected chi connectivity index (χ4v) is 1.62. The Morgan fingerprint density at radius 3 is 2.80 bits per heavy atom. The zero-order valence-electron chi connectivity index (χ0n) is 6.27. The van der Waals surface area contributed by atoms with Crippen molar-refractivity contribution in [3.63, 3.8) is 0 Å². The lowest BCUT2D eigenvalue weighted by molar-refractivity contribution is -0.122. The van der Waals surface area contributed by atoms with Crippen LogP contribution in [0.2, 0.25) is 0 Å². The summed E-state index contributed by atoms with van der Waals surface area (Å²) in [5.41, 5.74) is 2.45. The van der Waals surface area contributed by atoms with E-state index in [0.29, 0.717) is 11.8 Å². The third-order valence-electron chi connectivity index (χ3n) is 2.59. The van der Waals surface area contributed by atoms with Crippen LogP contribution in [-0.4, -0.2) is 5.91 Å². The first-order valence-electron chi connectivity index (χ1n) is 3.68. The fourth-order valence-electron chi connectivity index (χ4n) is 1.62. The van der Waals surface area contributed by atoms with Gasteiger partial charge >= 0.3 is 0 Å². The van der Waals surface area contributed by atoms with E-state index < -0.39 is 0 Å². The second-order valence-corrected chi connectivity index (χ2v) is 3.25. The molecule has 2 rings (SSSR count). The van der Waals surface area contributed by atoms with Gasteiger partial charge in [-0.3, -0.25) is 4.79 Å². The number of nitrogens with one attached hydrogen (secondary N) is 1. The Morgan fingerprint density at radius 2 is 2.10 bits per heavy atom. The maximum Gasteiger partial charge on any atom is 0.227 e. The highest BCUT2D eigenvalue weighted by molar-refractivity contribution is 5.85. The number of hydrogen-bond acceptors (Lipinski definition) is 1. The average Bonchev–Trinajstić information content (AvgIpc) is 2.61. The van der Waals surface area contributed by atoms with Gasteiger partial charge in [-0.15, -0.1) is 0 Å². The van der Waals surface area contributed by atoms with Crippen molar-refractivity contribution in [1.29, 1.82) is 0 Å². The van der Waals surface area contributed by atoms with Gasteiger partial charge in [0.15, 0.2) is 0 Å². The summed E-state index contributed by atoms with van der Waals surface area (Å²) in [4.78, 5) is 11.0. The number of rotatable bonds is 0. The monoisotopic (exact) mass is 137 g/mol. The summed E-state index contributed by atoms with van der Waals surface area (Å²) < 4.78 is 0. The number of amides is 1. The van der Waals surface area contributed by atoms with E-state index in [1.165, 1.54) is 5.57 Å². The lowest BCUT2D eigenvalue weighted by Crippen LogP contribution is -2.28. The van der Waals surface area contributed by atoms with Crippen LogP contribution in [0.5, 0.6) is 0 Å². The number of carbonyl (C=O) groups excluding carboxylic acids is 1. The van der Waals surface area contributed by atoms with Gasteiger partial charge in [0.25, 0.3) is 0 Å². The number of carbonyl (C=O) groups is 1. The Balaban J connectivity index is 2.33. The van der Waals surface area contributed by atoms with Crippen LogP contribution in [0, 0.1) is 11.8 Å². The number of allylic oxidation sites excluding steroid dienone is 2. The summed E-state index contributed by atoms with van der Waals surface area (Å²) in [6.45, 7) is 4.08. The minimum Gasteiger partial charge on any atom is -0.330 e. The van der Waals surface area contributed by atoms with Gasteiger partial charge in [0.05, 0.1) is 0 Å². The van der Waals surface area contributed by atoms with Crippen molar-refractivity contribution in [2.75, 3.05) is 0 Å². The van der Waals surface area contributed by atoms with E-state index in [-0.39, 0.29) is 5.91 Å². The molecular formula is C8H11NO. The lowest BCUT2D eigenvalue weighted by atomic mass is 10.1. The highest BCUT2D eigenvalue weighted by Crippen LogP contribution is 2.47. The first-order chi connectivity index (χ1) is 4.70. The van der Waals surface area contributed by atoms with Gasteiger partial charge in [-0.1, -0.05) is 5.57 Å². The molecule has 1 aliphatic carbocycles. The van der Waals surface area contributed by atoms with Crippen molar-refractivity contribution in [1.82, 2.24) is 5.32 Å². The van der Waals surface area contributed by atoms with Crippen molar-refractivity contribution < 1.29 is 4.79 Å². The topological polar surface area (TPSA) is 29.1 Å². The van der Waals surface area contributed by atoms with Crippen LogP contribution in [0.25, 0.3) is 0 Å². The predicted molar refractivity (Wildman–Crippen MR) is 38.1 cm³/mol. The van der Waals surface area contributed by atoms with Crippen molar-refractivity contribution in [3.05, 3.63) is 11.3 Å². The normalized spacial score (nSPS) is 37.2.